The molecule has 1 aromatic carbocycles. The first kappa shape index (κ1) is 17.3. The van der Waals surface area contributed by atoms with Gasteiger partial charge >= 0.3 is 0 Å². The number of amides is 1. The normalized spacial score (nSPS) is 17.9. The van der Waals surface area contributed by atoms with E-state index in [9.17, 15) is 4.79 Å². The van der Waals surface area contributed by atoms with E-state index in [0.29, 0.717) is 23.0 Å². The maximum atomic E-state index is 11.8. The van der Waals surface area contributed by atoms with Crippen molar-refractivity contribution >= 4 is 50.7 Å². The van der Waals surface area contributed by atoms with Crippen LogP contribution < -0.4 is 5.32 Å². The summed E-state index contributed by atoms with van der Waals surface area (Å²) in [5.74, 6) is 1.37. The molecule has 21 heavy (non-hydrogen) atoms. The van der Waals surface area contributed by atoms with Crippen molar-refractivity contribution in [1.82, 2.24) is 5.32 Å². The standard InChI is InChI=1S/C15H19Cl2NOS2/c16-12-6-5-11(14(17)9-12)10-18-15(19)4-2-1-3-13-7-8-20-21-13/h5-6,9,13H,1-4,7-8,10H2,(H,18,19). The van der Waals surface area contributed by atoms with E-state index in [1.165, 1.54) is 18.6 Å². The lowest BCUT2D eigenvalue weighted by atomic mass is 10.1. The molecule has 1 atom stereocenters. The molecule has 1 aliphatic heterocycles. The van der Waals surface area contributed by atoms with Crippen LogP contribution in [0.15, 0.2) is 18.2 Å². The number of hydrogen-bond acceptors (Lipinski definition) is 3. The van der Waals surface area contributed by atoms with E-state index in [1.54, 1.807) is 12.1 Å². The lowest BCUT2D eigenvalue weighted by molar-refractivity contribution is -0.121. The Morgan fingerprint density at radius 3 is 2.90 bits per heavy atom. The van der Waals surface area contributed by atoms with Crippen LogP contribution >= 0.6 is 44.8 Å². The van der Waals surface area contributed by atoms with Crippen LogP contribution in [0.4, 0.5) is 0 Å². The third-order valence-electron chi connectivity index (χ3n) is 3.40. The SMILES string of the molecule is O=C(CCCCC1CCSS1)NCc1ccc(Cl)cc1Cl. The largest absolute Gasteiger partial charge is 0.352 e. The summed E-state index contributed by atoms with van der Waals surface area (Å²) in [5, 5.41) is 4.91. The van der Waals surface area contributed by atoms with Gasteiger partial charge in [-0.1, -0.05) is 57.3 Å². The minimum Gasteiger partial charge on any atom is -0.352 e. The van der Waals surface area contributed by atoms with Crippen molar-refractivity contribution in [2.45, 2.75) is 43.9 Å². The minimum atomic E-state index is 0.0921. The van der Waals surface area contributed by atoms with Gasteiger partial charge in [-0.25, -0.2) is 0 Å². The van der Waals surface area contributed by atoms with Crippen LogP contribution in [0.25, 0.3) is 0 Å². The second-order valence-electron chi connectivity index (χ2n) is 5.09. The summed E-state index contributed by atoms with van der Waals surface area (Å²) in [4.78, 5) is 11.8. The fourth-order valence-corrected chi connectivity index (χ4v) is 5.67. The van der Waals surface area contributed by atoms with Crippen LogP contribution in [0.5, 0.6) is 0 Å². The molecule has 2 nitrogen and oxygen atoms in total. The van der Waals surface area contributed by atoms with Gasteiger partial charge in [0.05, 0.1) is 0 Å². The maximum Gasteiger partial charge on any atom is 0.220 e. The van der Waals surface area contributed by atoms with Crippen LogP contribution in [-0.2, 0) is 11.3 Å². The van der Waals surface area contributed by atoms with Crippen LogP contribution in [0.1, 0.15) is 37.7 Å². The van der Waals surface area contributed by atoms with E-state index in [4.69, 9.17) is 23.2 Å². The molecule has 0 spiro atoms. The predicted molar refractivity (Wildman–Crippen MR) is 95.2 cm³/mol. The molecule has 6 heteroatoms. The first-order valence-corrected chi connectivity index (χ1v) is 10.3. The Balaban J connectivity index is 1.60. The number of benzene rings is 1. The molecule has 1 unspecified atom stereocenters. The fourth-order valence-electron chi connectivity index (χ4n) is 2.17. The molecule has 1 aliphatic rings. The van der Waals surface area contributed by atoms with Gasteiger partial charge in [0.2, 0.25) is 5.91 Å². The molecular formula is C15H19Cl2NOS2. The minimum absolute atomic E-state index is 0.0921. The lowest BCUT2D eigenvalue weighted by Gasteiger charge is -2.08. The quantitative estimate of drug-likeness (QED) is 0.524. The molecule has 0 saturated carbocycles. The Morgan fingerprint density at radius 1 is 1.33 bits per heavy atom. The number of hydrogen-bond donors (Lipinski definition) is 1. The molecule has 1 aromatic rings. The lowest BCUT2D eigenvalue weighted by Crippen LogP contribution is -2.22. The van der Waals surface area contributed by atoms with Crippen molar-refractivity contribution in [1.29, 1.82) is 0 Å². The van der Waals surface area contributed by atoms with Crippen molar-refractivity contribution in [2.75, 3.05) is 5.75 Å². The smallest absolute Gasteiger partial charge is 0.220 e. The highest BCUT2D eigenvalue weighted by molar-refractivity contribution is 8.77. The Hall–Kier alpha value is -0.0300. The average Bonchev–Trinajstić information content (AvgIpc) is 2.96. The number of halogens is 2. The molecule has 1 heterocycles. The second kappa shape index (κ2) is 9.19. The van der Waals surface area contributed by atoms with Gasteiger partial charge in [0.1, 0.15) is 0 Å². The van der Waals surface area contributed by atoms with Crippen LogP contribution in [0.3, 0.4) is 0 Å². The third kappa shape index (κ3) is 6.31. The molecule has 116 valence electrons. The first-order chi connectivity index (χ1) is 10.1. The number of rotatable bonds is 7. The average molecular weight is 364 g/mol. The van der Waals surface area contributed by atoms with Crippen LogP contribution in [-0.4, -0.2) is 16.9 Å². The number of nitrogens with one attached hydrogen (secondary N) is 1. The summed E-state index contributed by atoms with van der Waals surface area (Å²) in [6.45, 7) is 0.462. The van der Waals surface area contributed by atoms with Gasteiger partial charge in [-0.15, -0.1) is 0 Å². The molecule has 0 radical (unpaired) electrons. The van der Waals surface area contributed by atoms with E-state index in [0.717, 1.165) is 23.7 Å². The zero-order chi connectivity index (χ0) is 15.1. The molecule has 2 rings (SSSR count). The van der Waals surface area contributed by atoms with Gasteiger partial charge in [-0.2, -0.15) is 0 Å². The first-order valence-electron chi connectivity index (χ1n) is 7.14. The number of unbranched alkanes of at least 4 members (excludes halogenated alkanes) is 1. The Morgan fingerprint density at radius 2 is 2.19 bits per heavy atom. The number of carbonyl (C=O) groups is 1. The highest BCUT2D eigenvalue weighted by Crippen LogP contribution is 2.39. The topological polar surface area (TPSA) is 29.1 Å². The molecule has 1 fully saturated rings. The summed E-state index contributed by atoms with van der Waals surface area (Å²) >= 11 is 11.9. The van der Waals surface area contributed by atoms with Gasteiger partial charge in [0, 0.05) is 34.0 Å². The third-order valence-corrected chi connectivity index (χ3v) is 6.99. The summed E-state index contributed by atoms with van der Waals surface area (Å²) in [5.41, 5.74) is 0.897. The highest BCUT2D eigenvalue weighted by atomic mass is 35.5. The van der Waals surface area contributed by atoms with Crippen molar-refractivity contribution in [3.05, 3.63) is 33.8 Å². The van der Waals surface area contributed by atoms with Crippen molar-refractivity contribution in [2.24, 2.45) is 0 Å². The maximum absolute atomic E-state index is 11.8. The van der Waals surface area contributed by atoms with Gasteiger partial charge in [-0.3, -0.25) is 4.79 Å². The van der Waals surface area contributed by atoms with E-state index in [1.807, 2.05) is 27.7 Å². The summed E-state index contributed by atoms with van der Waals surface area (Å²) < 4.78 is 0. The van der Waals surface area contributed by atoms with E-state index in [2.05, 4.69) is 5.32 Å². The van der Waals surface area contributed by atoms with Gasteiger partial charge in [0.25, 0.3) is 0 Å². The highest BCUT2D eigenvalue weighted by Gasteiger charge is 2.15. The van der Waals surface area contributed by atoms with Crippen LogP contribution in [0, 0.1) is 0 Å². The summed E-state index contributed by atoms with van der Waals surface area (Å²) in [6, 6.07) is 5.33. The fraction of sp³-hybridized carbons (Fsp3) is 0.533. The molecule has 1 N–H and O–H groups in total. The monoisotopic (exact) mass is 363 g/mol. The van der Waals surface area contributed by atoms with Crippen molar-refractivity contribution < 1.29 is 4.79 Å². The Kier molecular flexibility index (Phi) is 7.58. The molecule has 1 saturated heterocycles. The van der Waals surface area contributed by atoms with Crippen molar-refractivity contribution in [3.8, 4) is 0 Å². The zero-order valence-corrected chi connectivity index (χ0v) is 14.9. The Labute approximate surface area is 144 Å². The predicted octanol–water partition coefficient (Wildman–Crippen LogP) is 5.32. The van der Waals surface area contributed by atoms with Gasteiger partial charge in [-0.05, 0) is 37.0 Å². The number of carbonyl (C=O) groups excluding carboxylic acids is 1. The molecule has 0 aromatic heterocycles. The second-order valence-corrected chi connectivity index (χ2v) is 8.72. The van der Waals surface area contributed by atoms with Gasteiger partial charge < -0.3 is 5.32 Å². The van der Waals surface area contributed by atoms with E-state index >= 15 is 0 Å². The molecule has 0 aliphatic carbocycles. The molecule has 0 bridgehead atoms. The van der Waals surface area contributed by atoms with E-state index in [-0.39, 0.29) is 5.91 Å². The Bertz CT molecular complexity index is 479. The summed E-state index contributed by atoms with van der Waals surface area (Å²) in [7, 11) is 3.97. The van der Waals surface area contributed by atoms with Crippen molar-refractivity contribution in [3.63, 3.8) is 0 Å². The molecule has 1 amide bonds. The van der Waals surface area contributed by atoms with E-state index < -0.39 is 0 Å². The van der Waals surface area contributed by atoms with Gasteiger partial charge in [0.15, 0.2) is 0 Å². The molecular weight excluding hydrogens is 345 g/mol. The van der Waals surface area contributed by atoms with Crippen LogP contribution in [0.2, 0.25) is 10.0 Å². The summed E-state index contributed by atoms with van der Waals surface area (Å²) in [6.07, 6.45) is 5.23. The zero-order valence-electron chi connectivity index (χ0n) is 11.7.